The molecule has 25 aromatic carbocycles. The summed E-state index contributed by atoms with van der Waals surface area (Å²) in [6, 6.07) is 188. The summed E-state index contributed by atoms with van der Waals surface area (Å²) in [5, 5.41) is 30.5. The van der Waals surface area contributed by atoms with Crippen molar-refractivity contribution in [1.82, 2.24) is 0 Å². The van der Waals surface area contributed by atoms with Gasteiger partial charge in [-0.05, 0) is 241 Å². The highest BCUT2D eigenvalue weighted by Crippen LogP contribution is 2.51. The molecule has 0 saturated heterocycles. The topological polar surface area (TPSA) is 9.72 Å². The van der Waals surface area contributed by atoms with Crippen molar-refractivity contribution < 1.29 is 0 Å². The van der Waals surface area contributed by atoms with E-state index in [4.69, 9.17) is 0 Å². The Morgan fingerprint density at radius 1 is 0.116 bits per heavy atom. The highest BCUT2D eigenvalue weighted by Gasteiger charge is 2.25. The number of nitrogens with zero attached hydrogens (tertiary/aromatic N) is 3. The summed E-state index contributed by atoms with van der Waals surface area (Å²) in [7, 11) is 0. The molecule has 0 aliphatic carbocycles. The predicted molar refractivity (Wildman–Crippen MR) is 601 cm³/mol. The molecule has 0 saturated carbocycles. The molecule has 0 amide bonds. The normalized spacial score (nSPS) is 11.6. The quantitative estimate of drug-likeness (QED) is 0.107. The molecule has 0 aliphatic heterocycles. The van der Waals surface area contributed by atoms with Gasteiger partial charge in [0.2, 0.25) is 0 Å². The molecule has 28 aromatic rings. The van der Waals surface area contributed by atoms with Gasteiger partial charge in [0, 0.05) is 111 Å². The van der Waals surface area contributed by atoms with E-state index in [0.29, 0.717) is 0 Å². The van der Waals surface area contributed by atoms with Crippen molar-refractivity contribution >= 4 is 243 Å². The summed E-state index contributed by atoms with van der Waals surface area (Å²) < 4.78 is 7.85. The molecule has 3 nitrogen and oxygen atoms in total. The predicted octanol–water partition coefficient (Wildman–Crippen LogP) is 39.6. The first-order chi connectivity index (χ1) is 68.4. The van der Waals surface area contributed by atoms with E-state index in [9.17, 15) is 0 Å². The Bertz CT molecular complexity index is 9610. The van der Waals surface area contributed by atoms with Gasteiger partial charge in [0.1, 0.15) is 0 Å². The van der Waals surface area contributed by atoms with Gasteiger partial charge in [-0.25, -0.2) is 0 Å². The minimum Gasteiger partial charge on any atom is -0.310 e. The summed E-state index contributed by atoms with van der Waals surface area (Å²) in [6.45, 7) is 0. The molecule has 0 N–H and O–H groups in total. The third-order valence-corrected chi connectivity index (χ3v) is 31.1. The lowest BCUT2D eigenvalue weighted by Gasteiger charge is -2.28. The van der Waals surface area contributed by atoms with Crippen LogP contribution in [0.15, 0.2) is 516 Å². The average Bonchev–Trinajstić information content (AvgIpc) is 1.13. The van der Waals surface area contributed by atoms with E-state index < -0.39 is 0 Å². The lowest BCUT2D eigenvalue weighted by Crippen LogP contribution is -2.10. The molecule has 0 fully saturated rings. The maximum absolute atomic E-state index is 2.44. The molecule has 3 aromatic heterocycles. The van der Waals surface area contributed by atoms with Gasteiger partial charge in [0.05, 0.1) is 17.1 Å². The molecule has 0 bridgehead atoms. The lowest BCUT2D eigenvalue weighted by molar-refractivity contribution is 1.31. The minimum atomic E-state index is 1.13. The second-order valence-electron chi connectivity index (χ2n) is 35.7. The number of anilines is 9. The third-order valence-electron chi connectivity index (χ3n) is 27.7. The Balaban J connectivity index is 0.000000107. The fourth-order valence-electron chi connectivity index (χ4n) is 21.1. The molecule has 138 heavy (non-hydrogen) atoms. The number of benzene rings is 25. The maximum Gasteiger partial charge on any atom is 0.0546 e. The molecule has 3 heterocycles. The van der Waals surface area contributed by atoms with Crippen LogP contribution in [0.1, 0.15) is 0 Å². The molecular formula is C132H85N3S3. The van der Waals surface area contributed by atoms with Gasteiger partial charge in [0.15, 0.2) is 0 Å². The lowest BCUT2D eigenvalue weighted by atomic mass is 9.96. The Morgan fingerprint density at radius 2 is 0.355 bits per heavy atom. The first kappa shape index (κ1) is 81.6. The van der Waals surface area contributed by atoms with Crippen LogP contribution in [0.3, 0.4) is 0 Å². The van der Waals surface area contributed by atoms with E-state index in [0.717, 1.165) is 34.1 Å². The van der Waals surface area contributed by atoms with E-state index in [1.807, 2.05) is 34.0 Å². The van der Waals surface area contributed by atoms with Crippen LogP contribution < -0.4 is 14.7 Å². The van der Waals surface area contributed by atoms with Gasteiger partial charge < -0.3 is 14.7 Å². The summed E-state index contributed by atoms with van der Waals surface area (Å²) in [6.07, 6.45) is 0. The molecular weight excluding hydrogens is 1720 g/mol. The van der Waals surface area contributed by atoms with Crippen molar-refractivity contribution in [1.29, 1.82) is 0 Å². The molecule has 646 valence electrons. The van der Waals surface area contributed by atoms with Crippen molar-refractivity contribution in [3.8, 4) is 44.5 Å². The van der Waals surface area contributed by atoms with Gasteiger partial charge in [-0.3, -0.25) is 0 Å². The monoisotopic (exact) mass is 1810 g/mol. The van der Waals surface area contributed by atoms with Gasteiger partial charge in [-0.15, -0.1) is 34.0 Å². The van der Waals surface area contributed by atoms with Crippen LogP contribution in [0.5, 0.6) is 0 Å². The molecule has 0 unspecified atom stereocenters. The number of fused-ring (bicyclic) bond motifs is 21. The van der Waals surface area contributed by atoms with E-state index in [1.165, 1.54) is 219 Å². The van der Waals surface area contributed by atoms with Crippen molar-refractivity contribution in [2.75, 3.05) is 14.7 Å². The van der Waals surface area contributed by atoms with E-state index in [-0.39, 0.29) is 0 Å². The van der Waals surface area contributed by atoms with E-state index in [1.54, 1.807) is 0 Å². The third kappa shape index (κ3) is 14.7. The van der Waals surface area contributed by atoms with E-state index in [2.05, 4.69) is 530 Å². The van der Waals surface area contributed by atoms with Crippen molar-refractivity contribution in [3.05, 3.63) is 516 Å². The van der Waals surface area contributed by atoms with Crippen molar-refractivity contribution in [3.63, 3.8) is 0 Å². The van der Waals surface area contributed by atoms with Gasteiger partial charge >= 0.3 is 0 Å². The molecule has 0 atom stereocenters. The van der Waals surface area contributed by atoms with Gasteiger partial charge in [-0.2, -0.15) is 0 Å². The zero-order valence-electron chi connectivity index (χ0n) is 75.1. The maximum atomic E-state index is 2.44. The summed E-state index contributed by atoms with van der Waals surface area (Å²) in [5.41, 5.74) is 20.2. The molecule has 0 radical (unpaired) electrons. The summed E-state index contributed by atoms with van der Waals surface area (Å²) in [4.78, 5) is 7.31. The largest absolute Gasteiger partial charge is 0.310 e. The second kappa shape index (κ2) is 34.7. The SMILES string of the molecule is c1ccc2c(-c3ccc(-c4ccc(N(c5ccc6c(c5)sc5ccccc56)c5cc6ccccc6c6ccccc56)cc4)cc3)cccc2c1.c1ccc2c(-c3ccc(N(c4ccc5c(c4)sc4ccccc45)c4cc5ccccc5c5ccccc45)cc3)cccc2c1.c1ccc2cc(-c3ccc(N(c4ccc5c(c4)sc4ccccc45)c4cc5ccccc5c5ccccc45)cc3)ccc2c1. The number of hydrogen-bond acceptors (Lipinski definition) is 6. The van der Waals surface area contributed by atoms with Gasteiger partial charge in [-0.1, -0.05) is 400 Å². The van der Waals surface area contributed by atoms with Crippen molar-refractivity contribution in [2.24, 2.45) is 0 Å². The minimum absolute atomic E-state index is 1.13. The second-order valence-corrected chi connectivity index (χ2v) is 38.9. The van der Waals surface area contributed by atoms with Gasteiger partial charge in [0.25, 0.3) is 0 Å². The number of thiophene rings is 3. The zero-order valence-corrected chi connectivity index (χ0v) is 77.6. The summed E-state index contributed by atoms with van der Waals surface area (Å²) >= 11 is 5.59. The van der Waals surface area contributed by atoms with Crippen LogP contribution in [0.2, 0.25) is 0 Å². The number of hydrogen-bond donors (Lipinski definition) is 0. The zero-order chi connectivity index (χ0) is 91.1. The molecule has 28 rings (SSSR count). The van der Waals surface area contributed by atoms with Crippen LogP contribution in [-0.2, 0) is 0 Å². The van der Waals surface area contributed by atoms with Crippen LogP contribution in [0, 0.1) is 0 Å². The molecule has 0 aliphatic rings. The fraction of sp³-hybridized carbons (Fsp3) is 0. The Morgan fingerprint density at radius 3 is 0.717 bits per heavy atom. The standard InChI is InChI=1S/C48H31NS.2C42H27NS/c1-3-13-39-34(10-1)12-9-18-40(39)35-22-20-32(21-23-35)33-24-26-37(27-25-33)49(38-28-29-45-44-17-7-8-19-47(44)50-48(45)31-38)46-30-36-11-2-4-14-41(36)42-15-5-6-16-43(42)46;1-3-13-33-28(10-1)12-9-18-34(33)29-20-22-31(23-21-29)43(32-24-25-39-38-17-7-8-19-41(38)44-42(39)27-32)40-26-30-11-2-4-14-35(30)36-15-5-6-16-37(36)40;1-2-10-30-25-31(18-17-28(30)9-1)29-19-21-33(22-20-29)43(34-23-24-39-38-15-7-8-16-41(38)44-42(39)27-34)40-26-32-11-3-4-12-35(32)36-13-5-6-14-37(36)40/h1-31H;2*1-27H. The van der Waals surface area contributed by atoms with Crippen LogP contribution >= 0.6 is 34.0 Å². The average molecular weight is 1810 g/mol. The number of rotatable bonds is 13. The highest BCUT2D eigenvalue weighted by molar-refractivity contribution is 7.26. The highest BCUT2D eigenvalue weighted by atomic mass is 32.1. The summed E-state index contributed by atoms with van der Waals surface area (Å²) in [5.74, 6) is 0. The first-order valence-corrected chi connectivity index (χ1v) is 49.6. The van der Waals surface area contributed by atoms with Crippen molar-refractivity contribution in [2.45, 2.75) is 0 Å². The van der Waals surface area contributed by atoms with Crippen LogP contribution in [-0.4, -0.2) is 0 Å². The molecule has 6 heteroatoms. The Labute approximate surface area is 811 Å². The van der Waals surface area contributed by atoms with E-state index >= 15 is 0 Å². The van der Waals surface area contributed by atoms with Crippen LogP contribution in [0.25, 0.3) is 202 Å². The first-order valence-electron chi connectivity index (χ1n) is 47.1. The Kier molecular flexibility index (Phi) is 20.6. The fourth-order valence-corrected chi connectivity index (χ4v) is 24.5. The van der Waals surface area contributed by atoms with Crippen LogP contribution in [0.4, 0.5) is 51.2 Å². The smallest absolute Gasteiger partial charge is 0.0546 e. The Hall–Kier alpha value is -17.1. The molecule has 0 spiro atoms.